The molecule has 0 bridgehead atoms. The zero-order chi connectivity index (χ0) is 13.5. The van der Waals surface area contributed by atoms with Crippen molar-refractivity contribution in [3.63, 3.8) is 0 Å². The third-order valence-electron chi connectivity index (χ3n) is 2.90. The van der Waals surface area contributed by atoms with Gasteiger partial charge in [-0.25, -0.2) is 0 Å². The fraction of sp³-hybridized carbons (Fsp3) is 0.571. The average molecular weight is 315 g/mol. The van der Waals surface area contributed by atoms with Gasteiger partial charge in [-0.05, 0) is 38.6 Å². The van der Waals surface area contributed by atoms with Crippen molar-refractivity contribution >= 4 is 21.6 Å². The molecule has 0 saturated heterocycles. The summed E-state index contributed by atoms with van der Waals surface area (Å²) in [5, 5.41) is 3.17. The fourth-order valence-corrected chi connectivity index (χ4v) is 2.43. The normalized spacial score (nSPS) is 11.0. The van der Waals surface area contributed by atoms with Crippen LogP contribution >= 0.6 is 15.9 Å². The second-order valence-corrected chi connectivity index (χ2v) is 5.44. The van der Waals surface area contributed by atoms with E-state index in [2.05, 4.69) is 58.2 Å². The van der Waals surface area contributed by atoms with Crippen LogP contribution in [0.25, 0.3) is 0 Å². The van der Waals surface area contributed by atoms with Gasteiger partial charge < -0.3 is 15.0 Å². The van der Waals surface area contributed by atoms with Crippen molar-refractivity contribution in [1.82, 2.24) is 5.32 Å². The molecular weight excluding hydrogens is 292 g/mol. The van der Waals surface area contributed by atoms with E-state index in [9.17, 15) is 0 Å². The van der Waals surface area contributed by atoms with Crippen molar-refractivity contribution < 1.29 is 4.74 Å². The van der Waals surface area contributed by atoms with Gasteiger partial charge in [0.1, 0.15) is 0 Å². The molecule has 0 aliphatic rings. The third-order valence-corrected chi connectivity index (χ3v) is 3.63. The fourth-order valence-electron chi connectivity index (χ4n) is 1.92. The molecule has 0 fully saturated rings. The van der Waals surface area contributed by atoms with Crippen LogP contribution in [-0.4, -0.2) is 33.4 Å². The summed E-state index contributed by atoms with van der Waals surface area (Å²) in [5.74, 6) is 0. The predicted molar refractivity (Wildman–Crippen MR) is 81.3 cm³/mol. The summed E-state index contributed by atoms with van der Waals surface area (Å²) in [7, 11) is 3.70. The predicted octanol–water partition coefficient (Wildman–Crippen LogP) is 3.03. The molecular formula is C14H23BrN2O. The topological polar surface area (TPSA) is 24.5 Å². The van der Waals surface area contributed by atoms with E-state index >= 15 is 0 Å². The quantitative estimate of drug-likeness (QED) is 0.837. The number of hydrogen-bond acceptors (Lipinski definition) is 3. The Morgan fingerprint density at radius 1 is 1.39 bits per heavy atom. The lowest BCUT2D eigenvalue weighted by Gasteiger charge is -2.29. The highest BCUT2D eigenvalue weighted by Crippen LogP contribution is 2.25. The lowest BCUT2D eigenvalue weighted by molar-refractivity contribution is 0.204. The number of anilines is 1. The molecule has 1 aromatic carbocycles. The molecule has 0 saturated carbocycles. The lowest BCUT2D eigenvalue weighted by Crippen LogP contribution is -2.33. The molecule has 0 unspecified atom stereocenters. The Morgan fingerprint density at radius 2 is 2.11 bits per heavy atom. The Hall–Kier alpha value is -0.580. The van der Waals surface area contributed by atoms with Gasteiger partial charge in [0.2, 0.25) is 0 Å². The second kappa shape index (κ2) is 7.77. The number of hydrogen-bond donors (Lipinski definition) is 1. The summed E-state index contributed by atoms with van der Waals surface area (Å²) in [6.07, 6.45) is 0. The third kappa shape index (κ3) is 4.26. The van der Waals surface area contributed by atoms with E-state index in [0.29, 0.717) is 6.04 Å². The molecule has 0 aromatic heterocycles. The molecule has 4 heteroatoms. The van der Waals surface area contributed by atoms with Gasteiger partial charge in [0.15, 0.2) is 0 Å². The van der Waals surface area contributed by atoms with Gasteiger partial charge in [-0.2, -0.15) is 0 Å². The molecule has 1 aromatic rings. The van der Waals surface area contributed by atoms with Crippen molar-refractivity contribution in [3.8, 4) is 0 Å². The Bertz CT molecular complexity index is 369. The number of benzene rings is 1. The lowest BCUT2D eigenvalue weighted by atomic mass is 10.1. The minimum atomic E-state index is 0.460. The van der Waals surface area contributed by atoms with E-state index in [4.69, 9.17) is 4.74 Å². The highest BCUT2D eigenvalue weighted by Gasteiger charge is 2.11. The molecule has 18 heavy (non-hydrogen) atoms. The summed E-state index contributed by atoms with van der Waals surface area (Å²) in [6.45, 7) is 6.93. The number of nitrogens with one attached hydrogen (secondary N) is 1. The van der Waals surface area contributed by atoms with Gasteiger partial charge in [0.25, 0.3) is 0 Å². The van der Waals surface area contributed by atoms with Crippen LogP contribution in [0.15, 0.2) is 22.7 Å². The van der Waals surface area contributed by atoms with Crippen LogP contribution in [0.3, 0.4) is 0 Å². The maximum Gasteiger partial charge on any atom is 0.0637 e. The zero-order valence-corrected chi connectivity index (χ0v) is 13.3. The Labute approximate surface area is 119 Å². The highest BCUT2D eigenvalue weighted by molar-refractivity contribution is 9.10. The Kier molecular flexibility index (Phi) is 6.68. The van der Waals surface area contributed by atoms with Gasteiger partial charge in [0, 0.05) is 36.4 Å². The first-order valence-electron chi connectivity index (χ1n) is 6.28. The largest absolute Gasteiger partial charge is 0.383 e. The SMILES string of the molecule is CNCc1ccc(N(CCOC)C(C)C)cc1Br. The van der Waals surface area contributed by atoms with Crippen molar-refractivity contribution in [2.24, 2.45) is 0 Å². The van der Waals surface area contributed by atoms with Crippen LogP contribution in [0.4, 0.5) is 5.69 Å². The van der Waals surface area contributed by atoms with Crippen LogP contribution in [-0.2, 0) is 11.3 Å². The van der Waals surface area contributed by atoms with Gasteiger partial charge in [-0.1, -0.05) is 22.0 Å². The summed E-state index contributed by atoms with van der Waals surface area (Å²) in [6, 6.07) is 6.98. The van der Waals surface area contributed by atoms with E-state index in [1.165, 1.54) is 11.3 Å². The molecule has 1 rings (SSSR count). The number of methoxy groups -OCH3 is 1. The maximum absolute atomic E-state index is 5.17. The van der Waals surface area contributed by atoms with Crippen LogP contribution in [0.1, 0.15) is 19.4 Å². The van der Waals surface area contributed by atoms with E-state index in [-0.39, 0.29) is 0 Å². The van der Waals surface area contributed by atoms with E-state index in [1.54, 1.807) is 7.11 Å². The summed E-state index contributed by atoms with van der Waals surface area (Å²) < 4.78 is 6.32. The van der Waals surface area contributed by atoms with Crippen molar-refractivity contribution in [2.75, 3.05) is 32.2 Å². The molecule has 0 atom stereocenters. The molecule has 0 aliphatic heterocycles. The highest BCUT2D eigenvalue weighted by atomic mass is 79.9. The number of halogens is 1. The van der Waals surface area contributed by atoms with E-state index < -0.39 is 0 Å². The first-order chi connectivity index (χ1) is 8.60. The van der Waals surface area contributed by atoms with E-state index in [1.807, 2.05) is 7.05 Å². The maximum atomic E-state index is 5.17. The Balaban J connectivity index is 2.88. The number of nitrogens with zero attached hydrogens (tertiary/aromatic N) is 1. The van der Waals surface area contributed by atoms with Crippen LogP contribution < -0.4 is 10.2 Å². The van der Waals surface area contributed by atoms with Crippen molar-refractivity contribution in [1.29, 1.82) is 0 Å². The summed E-state index contributed by atoms with van der Waals surface area (Å²) in [4.78, 5) is 2.34. The molecule has 3 nitrogen and oxygen atoms in total. The van der Waals surface area contributed by atoms with Gasteiger partial charge in [0.05, 0.1) is 6.61 Å². The van der Waals surface area contributed by atoms with E-state index in [0.717, 1.165) is 24.2 Å². The van der Waals surface area contributed by atoms with Gasteiger partial charge in [-0.15, -0.1) is 0 Å². The molecule has 102 valence electrons. The monoisotopic (exact) mass is 314 g/mol. The molecule has 0 radical (unpaired) electrons. The summed E-state index contributed by atoms with van der Waals surface area (Å²) >= 11 is 3.64. The molecule has 0 heterocycles. The number of rotatable bonds is 7. The van der Waals surface area contributed by atoms with Crippen molar-refractivity contribution in [2.45, 2.75) is 26.4 Å². The first kappa shape index (κ1) is 15.5. The minimum absolute atomic E-state index is 0.460. The molecule has 0 aliphatic carbocycles. The molecule has 1 N–H and O–H groups in total. The second-order valence-electron chi connectivity index (χ2n) is 4.59. The smallest absolute Gasteiger partial charge is 0.0637 e. The van der Waals surface area contributed by atoms with Gasteiger partial charge in [-0.3, -0.25) is 0 Å². The standard InChI is InChI=1S/C14H23BrN2O/c1-11(2)17(7-8-18-4)13-6-5-12(10-16-3)14(15)9-13/h5-6,9,11,16H,7-8,10H2,1-4H3. The number of ether oxygens (including phenoxy) is 1. The zero-order valence-electron chi connectivity index (χ0n) is 11.7. The van der Waals surface area contributed by atoms with Crippen LogP contribution in [0.5, 0.6) is 0 Å². The molecule has 0 spiro atoms. The first-order valence-corrected chi connectivity index (χ1v) is 7.08. The van der Waals surface area contributed by atoms with Crippen LogP contribution in [0, 0.1) is 0 Å². The Morgan fingerprint density at radius 3 is 2.61 bits per heavy atom. The average Bonchev–Trinajstić information content (AvgIpc) is 2.32. The minimum Gasteiger partial charge on any atom is -0.383 e. The summed E-state index contributed by atoms with van der Waals surface area (Å²) in [5.41, 5.74) is 2.51. The van der Waals surface area contributed by atoms with Crippen LogP contribution in [0.2, 0.25) is 0 Å². The van der Waals surface area contributed by atoms with Crippen molar-refractivity contribution in [3.05, 3.63) is 28.2 Å². The molecule has 0 amide bonds. The van der Waals surface area contributed by atoms with Gasteiger partial charge >= 0.3 is 0 Å².